The molecule has 0 bridgehead atoms. The van der Waals surface area contributed by atoms with Crippen LogP contribution in [-0.2, 0) is 5.60 Å². The van der Waals surface area contributed by atoms with Crippen molar-refractivity contribution in [3.63, 3.8) is 0 Å². The molecule has 2 aromatic rings. The summed E-state index contributed by atoms with van der Waals surface area (Å²) < 4.78 is 0. The summed E-state index contributed by atoms with van der Waals surface area (Å²) in [6.45, 7) is 1.97. The molecule has 0 aliphatic heterocycles. The van der Waals surface area contributed by atoms with Gasteiger partial charge in [-0.3, -0.25) is 10.1 Å². The van der Waals surface area contributed by atoms with E-state index in [-0.39, 0.29) is 12.2 Å². The number of rotatable bonds is 5. The van der Waals surface area contributed by atoms with Crippen molar-refractivity contribution in [1.29, 1.82) is 0 Å². The van der Waals surface area contributed by atoms with Crippen molar-refractivity contribution < 1.29 is 10.0 Å². The Hall–Kier alpha value is -1.99. The summed E-state index contributed by atoms with van der Waals surface area (Å²) in [5, 5.41) is 27.5. The van der Waals surface area contributed by atoms with Crippen LogP contribution < -0.4 is 5.32 Å². The first-order valence-electron chi connectivity index (χ1n) is 5.58. The summed E-state index contributed by atoms with van der Waals surface area (Å²) in [5.74, 6) is 0.487. The third kappa shape index (κ3) is 3.27. The van der Waals surface area contributed by atoms with Crippen molar-refractivity contribution >= 4 is 22.8 Å². The number of nitro groups is 1. The molecule has 0 radical (unpaired) electrons. The molecule has 0 saturated heterocycles. The van der Waals surface area contributed by atoms with Crippen LogP contribution >= 0.6 is 11.3 Å². The minimum Gasteiger partial charge on any atom is -0.384 e. The molecule has 1 atom stereocenters. The lowest BCUT2D eigenvalue weighted by Crippen LogP contribution is -2.30. The van der Waals surface area contributed by atoms with E-state index in [9.17, 15) is 15.2 Å². The molecule has 0 fully saturated rings. The monoisotopic (exact) mass is 279 g/mol. The first-order valence-corrected chi connectivity index (χ1v) is 6.53. The number of nitrogens with zero attached hydrogens (tertiary/aromatic N) is 2. The fourth-order valence-electron chi connectivity index (χ4n) is 1.53. The normalized spacial score (nSPS) is 13.8. The highest BCUT2D eigenvalue weighted by molar-refractivity contribution is 7.08. The van der Waals surface area contributed by atoms with Crippen LogP contribution in [0.1, 0.15) is 12.5 Å². The molecule has 0 aromatic carbocycles. The van der Waals surface area contributed by atoms with Gasteiger partial charge in [-0.05, 0) is 35.4 Å². The van der Waals surface area contributed by atoms with E-state index in [0.717, 1.165) is 5.56 Å². The first-order chi connectivity index (χ1) is 8.99. The van der Waals surface area contributed by atoms with E-state index >= 15 is 0 Å². The molecule has 0 aliphatic rings. The van der Waals surface area contributed by atoms with Crippen LogP contribution in [0.15, 0.2) is 35.2 Å². The number of hydrogen-bond donors (Lipinski definition) is 2. The van der Waals surface area contributed by atoms with E-state index in [1.54, 1.807) is 6.92 Å². The molecule has 2 N–H and O–H groups in total. The topological polar surface area (TPSA) is 88.3 Å². The average molecular weight is 279 g/mol. The highest BCUT2D eigenvalue weighted by atomic mass is 32.1. The Balaban J connectivity index is 2.00. The second-order valence-corrected chi connectivity index (χ2v) is 5.08. The molecule has 2 aromatic heterocycles. The molecule has 0 aliphatic carbocycles. The zero-order valence-electron chi connectivity index (χ0n) is 10.2. The molecule has 0 amide bonds. The second-order valence-electron chi connectivity index (χ2n) is 4.30. The van der Waals surface area contributed by atoms with Gasteiger partial charge in [0.1, 0.15) is 17.6 Å². The zero-order chi connectivity index (χ0) is 13.9. The number of aliphatic hydroxyl groups is 1. The third-order valence-corrected chi connectivity index (χ3v) is 3.40. The Morgan fingerprint density at radius 2 is 2.32 bits per heavy atom. The maximum atomic E-state index is 10.5. The standard InChI is InChI=1S/C12H13N3O3S/c1-12(16,9-4-5-19-7-9)8-14-11-3-2-10(6-13-11)15(17)18/h2-7,16H,8H2,1H3,(H,13,14)/t12-/m0/s1. The van der Waals surface area contributed by atoms with Crippen molar-refractivity contribution in [1.82, 2.24) is 4.98 Å². The highest BCUT2D eigenvalue weighted by Gasteiger charge is 2.23. The van der Waals surface area contributed by atoms with Gasteiger partial charge in [-0.15, -0.1) is 0 Å². The highest BCUT2D eigenvalue weighted by Crippen LogP contribution is 2.23. The van der Waals surface area contributed by atoms with E-state index in [1.165, 1.54) is 29.7 Å². The second kappa shape index (κ2) is 5.33. The Labute approximate surface area is 113 Å². The fourth-order valence-corrected chi connectivity index (χ4v) is 2.32. The SMILES string of the molecule is C[C@](O)(CNc1ccc([N+](=O)[O-])cn1)c1ccsc1. The molecular formula is C12H13N3O3S. The Kier molecular flexibility index (Phi) is 3.77. The van der Waals surface area contributed by atoms with Gasteiger partial charge >= 0.3 is 0 Å². The third-order valence-electron chi connectivity index (χ3n) is 2.72. The van der Waals surface area contributed by atoms with Crippen LogP contribution in [-0.4, -0.2) is 21.6 Å². The summed E-state index contributed by atoms with van der Waals surface area (Å²) >= 11 is 1.51. The predicted molar refractivity (Wildman–Crippen MR) is 73.3 cm³/mol. The van der Waals surface area contributed by atoms with Gasteiger partial charge < -0.3 is 10.4 Å². The van der Waals surface area contributed by atoms with Crippen molar-refractivity contribution in [3.05, 3.63) is 50.8 Å². The van der Waals surface area contributed by atoms with E-state index < -0.39 is 10.5 Å². The molecule has 6 nitrogen and oxygen atoms in total. The van der Waals surface area contributed by atoms with Crippen LogP contribution in [0.3, 0.4) is 0 Å². The number of pyridine rings is 1. The lowest BCUT2D eigenvalue weighted by molar-refractivity contribution is -0.385. The minimum atomic E-state index is -1.01. The van der Waals surface area contributed by atoms with E-state index in [4.69, 9.17) is 0 Å². The molecular weight excluding hydrogens is 266 g/mol. The lowest BCUT2D eigenvalue weighted by Gasteiger charge is -2.23. The van der Waals surface area contributed by atoms with Crippen LogP contribution in [0.5, 0.6) is 0 Å². The quantitative estimate of drug-likeness (QED) is 0.648. The molecule has 7 heteroatoms. The minimum absolute atomic E-state index is 0.0601. The number of aromatic nitrogens is 1. The summed E-state index contributed by atoms with van der Waals surface area (Å²) in [6, 6.07) is 4.74. The molecule has 19 heavy (non-hydrogen) atoms. The summed E-state index contributed by atoms with van der Waals surface area (Å²) in [4.78, 5) is 13.9. The first kappa shape index (κ1) is 13.4. The Morgan fingerprint density at radius 1 is 1.53 bits per heavy atom. The number of thiophene rings is 1. The molecule has 0 spiro atoms. The van der Waals surface area contributed by atoms with Crippen LogP contribution in [0.2, 0.25) is 0 Å². The van der Waals surface area contributed by atoms with Gasteiger partial charge in [0.15, 0.2) is 0 Å². The Bertz CT molecular complexity index is 552. The zero-order valence-corrected chi connectivity index (χ0v) is 11.1. The molecule has 0 saturated carbocycles. The smallest absolute Gasteiger partial charge is 0.287 e. The van der Waals surface area contributed by atoms with Gasteiger partial charge in [-0.2, -0.15) is 11.3 Å². The van der Waals surface area contributed by atoms with Gasteiger partial charge in [0, 0.05) is 12.6 Å². The maximum Gasteiger partial charge on any atom is 0.287 e. The van der Waals surface area contributed by atoms with Gasteiger partial charge in [0.25, 0.3) is 5.69 Å². The average Bonchev–Trinajstić information content (AvgIpc) is 2.91. The van der Waals surface area contributed by atoms with Crippen LogP contribution in [0.4, 0.5) is 11.5 Å². The molecule has 2 rings (SSSR count). The van der Waals surface area contributed by atoms with Gasteiger partial charge in [-0.1, -0.05) is 0 Å². The summed E-state index contributed by atoms with van der Waals surface area (Å²) in [7, 11) is 0. The fraction of sp³-hybridized carbons (Fsp3) is 0.250. The largest absolute Gasteiger partial charge is 0.384 e. The lowest BCUT2D eigenvalue weighted by atomic mass is 9.99. The molecule has 2 heterocycles. The van der Waals surface area contributed by atoms with E-state index in [0.29, 0.717) is 5.82 Å². The van der Waals surface area contributed by atoms with Gasteiger partial charge in [0.05, 0.1) is 4.92 Å². The number of nitrogens with one attached hydrogen (secondary N) is 1. The van der Waals surface area contributed by atoms with E-state index in [2.05, 4.69) is 10.3 Å². The van der Waals surface area contributed by atoms with Crippen LogP contribution in [0, 0.1) is 10.1 Å². The predicted octanol–water partition coefficient (Wildman–Crippen LogP) is 2.37. The molecule has 0 unspecified atom stereocenters. The maximum absolute atomic E-state index is 10.5. The number of anilines is 1. The van der Waals surface area contributed by atoms with Crippen molar-refractivity contribution in [2.24, 2.45) is 0 Å². The van der Waals surface area contributed by atoms with Gasteiger partial charge in [0.2, 0.25) is 0 Å². The van der Waals surface area contributed by atoms with Crippen molar-refractivity contribution in [2.45, 2.75) is 12.5 Å². The van der Waals surface area contributed by atoms with E-state index in [1.807, 2.05) is 16.8 Å². The van der Waals surface area contributed by atoms with Gasteiger partial charge in [-0.25, -0.2) is 4.98 Å². The Morgan fingerprint density at radius 3 is 2.84 bits per heavy atom. The summed E-state index contributed by atoms with van der Waals surface area (Å²) in [6.07, 6.45) is 1.18. The van der Waals surface area contributed by atoms with Crippen molar-refractivity contribution in [2.75, 3.05) is 11.9 Å². The number of hydrogen-bond acceptors (Lipinski definition) is 6. The van der Waals surface area contributed by atoms with Crippen LogP contribution in [0.25, 0.3) is 0 Å². The van der Waals surface area contributed by atoms with Crippen molar-refractivity contribution in [3.8, 4) is 0 Å². The summed E-state index contributed by atoms with van der Waals surface area (Å²) in [5.41, 5.74) is -0.245. The molecule has 100 valence electrons.